The van der Waals surface area contributed by atoms with Gasteiger partial charge >= 0.3 is 6.36 Å². The first kappa shape index (κ1) is 23.3. The Kier molecular flexibility index (Phi) is 6.83. The van der Waals surface area contributed by atoms with E-state index in [1.54, 1.807) is 25.1 Å². The maximum atomic E-state index is 12.6. The molecule has 0 atom stereocenters. The number of para-hydroxylation sites is 1. The molecule has 1 aromatic heterocycles. The molecule has 1 heterocycles. The number of sulfone groups is 1. The third kappa shape index (κ3) is 6.07. The minimum Gasteiger partial charge on any atom is -0.405 e. The molecule has 3 rings (SSSR count). The predicted octanol–water partition coefficient (Wildman–Crippen LogP) is 4.62. The second-order valence-electron chi connectivity index (χ2n) is 6.75. The lowest BCUT2D eigenvalue weighted by molar-refractivity contribution is -0.274. The summed E-state index contributed by atoms with van der Waals surface area (Å²) in [5.74, 6) is -0.743. The summed E-state index contributed by atoms with van der Waals surface area (Å²) in [6.45, 7) is 1.55. The van der Waals surface area contributed by atoms with Crippen LogP contribution in [0.4, 0.5) is 18.9 Å². The summed E-state index contributed by atoms with van der Waals surface area (Å²) < 4.78 is 65.5. The van der Waals surface area contributed by atoms with E-state index >= 15 is 0 Å². The van der Waals surface area contributed by atoms with Gasteiger partial charge in [-0.3, -0.25) is 9.78 Å². The molecule has 6 nitrogen and oxygen atoms in total. The number of hydrogen-bond acceptors (Lipinski definition) is 5. The number of amides is 1. The second-order valence-corrected chi connectivity index (χ2v) is 9.03. The minimum atomic E-state index is -4.83. The number of carbonyl (C=O) groups excluding carboxylic acids is 1. The molecule has 0 aliphatic rings. The molecule has 168 valence electrons. The van der Waals surface area contributed by atoms with Gasteiger partial charge in [0.25, 0.3) is 0 Å². The van der Waals surface area contributed by atoms with Crippen molar-refractivity contribution in [3.05, 3.63) is 72.4 Å². The van der Waals surface area contributed by atoms with Crippen molar-refractivity contribution >= 4 is 21.4 Å². The summed E-state index contributed by atoms with van der Waals surface area (Å²) in [4.78, 5) is 16.6. The third-order valence-electron chi connectivity index (χ3n) is 4.46. The van der Waals surface area contributed by atoms with E-state index in [1.165, 1.54) is 48.7 Å². The predicted molar refractivity (Wildman–Crippen MR) is 113 cm³/mol. The van der Waals surface area contributed by atoms with E-state index in [9.17, 15) is 26.4 Å². The number of carbonyl (C=O) groups is 1. The molecule has 2 aromatic carbocycles. The maximum absolute atomic E-state index is 12.6. The Hall–Kier alpha value is -3.40. The molecular formula is C22H19F3N2O4S. The van der Waals surface area contributed by atoms with E-state index in [1.807, 2.05) is 0 Å². The van der Waals surface area contributed by atoms with Gasteiger partial charge in [-0.05, 0) is 42.0 Å². The van der Waals surface area contributed by atoms with Crippen LogP contribution in [0.3, 0.4) is 0 Å². The van der Waals surface area contributed by atoms with E-state index in [0.717, 1.165) is 0 Å². The smallest absolute Gasteiger partial charge is 0.405 e. The standard InChI is InChI=1S/C22H19F3N2O4S/c1-2-32(29,30)17-10-7-15(8-11-17)13-21(28)27-16-9-12-19(26-14-16)18-5-3-4-6-20(18)31-22(23,24)25/h3-12,14H,2,13H2,1H3,(H,27,28). The molecule has 0 aliphatic heterocycles. The first-order valence-electron chi connectivity index (χ1n) is 9.50. The maximum Gasteiger partial charge on any atom is 0.573 e. The van der Waals surface area contributed by atoms with Crippen LogP contribution in [0, 0.1) is 0 Å². The summed E-state index contributed by atoms with van der Waals surface area (Å²) in [6, 6.07) is 14.7. The highest BCUT2D eigenvalue weighted by atomic mass is 32.2. The molecule has 0 fully saturated rings. The lowest BCUT2D eigenvalue weighted by Crippen LogP contribution is -2.17. The van der Waals surface area contributed by atoms with Crippen molar-refractivity contribution in [1.29, 1.82) is 0 Å². The van der Waals surface area contributed by atoms with Gasteiger partial charge in [0.1, 0.15) is 5.75 Å². The summed E-state index contributed by atoms with van der Waals surface area (Å²) >= 11 is 0. The van der Waals surface area contributed by atoms with E-state index in [4.69, 9.17) is 0 Å². The molecule has 0 aliphatic carbocycles. The van der Waals surface area contributed by atoms with Crippen molar-refractivity contribution in [3.8, 4) is 17.0 Å². The van der Waals surface area contributed by atoms with Gasteiger partial charge in [-0.15, -0.1) is 13.2 Å². The van der Waals surface area contributed by atoms with Crippen molar-refractivity contribution in [1.82, 2.24) is 4.98 Å². The van der Waals surface area contributed by atoms with Crippen LogP contribution in [0.5, 0.6) is 5.75 Å². The zero-order valence-electron chi connectivity index (χ0n) is 16.9. The van der Waals surface area contributed by atoms with Crippen LogP contribution >= 0.6 is 0 Å². The fourth-order valence-corrected chi connectivity index (χ4v) is 3.78. The molecule has 0 bridgehead atoms. The van der Waals surface area contributed by atoms with Crippen LogP contribution in [0.25, 0.3) is 11.3 Å². The third-order valence-corrected chi connectivity index (χ3v) is 6.21. The van der Waals surface area contributed by atoms with Crippen molar-refractivity contribution < 1.29 is 31.1 Å². The fourth-order valence-electron chi connectivity index (χ4n) is 2.89. The lowest BCUT2D eigenvalue weighted by Gasteiger charge is -2.13. The van der Waals surface area contributed by atoms with Gasteiger partial charge < -0.3 is 10.1 Å². The fraction of sp³-hybridized carbons (Fsp3) is 0.182. The van der Waals surface area contributed by atoms with Crippen LogP contribution < -0.4 is 10.1 Å². The number of ether oxygens (including phenoxy) is 1. The van der Waals surface area contributed by atoms with Crippen LogP contribution in [0.2, 0.25) is 0 Å². The number of anilines is 1. The number of rotatable bonds is 7. The van der Waals surface area contributed by atoms with Gasteiger partial charge in [-0.2, -0.15) is 0 Å². The van der Waals surface area contributed by atoms with Crippen molar-refractivity contribution in [3.63, 3.8) is 0 Å². The molecule has 0 spiro atoms. The van der Waals surface area contributed by atoms with Crippen LogP contribution in [0.1, 0.15) is 12.5 Å². The Labute approximate surface area is 183 Å². The van der Waals surface area contributed by atoms with Crippen LogP contribution in [0.15, 0.2) is 71.8 Å². The Bertz CT molecular complexity index is 1190. The molecule has 0 radical (unpaired) electrons. The van der Waals surface area contributed by atoms with Gasteiger partial charge in [0.05, 0.1) is 34.6 Å². The average molecular weight is 464 g/mol. The first-order valence-corrected chi connectivity index (χ1v) is 11.2. The van der Waals surface area contributed by atoms with Gasteiger partial charge in [-0.1, -0.05) is 31.2 Å². The topological polar surface area (TPSA) is 85.4 Å². The van der Waals surface area contributed by atoms with E-state index in [0.29, 0.717) is 11.3 Å². The minimum absolute atomic E-state index is 0.0104. The number of aromatic nitrogens is 1. The first-order chi connectivity index (χ1) is 15.1. The van der Waals surface area contributed by atoms with Crippen molar-refractivity contribution in [2.75, 3.05) is 11.1 Å². The molecule has 1 amide bonds. The Morgan fingerprint density at radius 3 is 2.31 bits per heavy atom. The van der Waals surface area contributed by atoms with Gasteiger partial charge in [-0.25, -0.2) is 8.42 Å². The van der Waals surface area contributed by atoms with Crippen molar-refractivity contribution in [2.24, 2.45) is 0 Å². The van der Waals surface area contributed by atoms with Crippen LogP contribution in [-0.2, 0) is 21.1 Å². The van der Waals surface area contributed by atoms with E-state index in [2.05, 4.69) is 15.0 Å². The highest BCUT2D eigenvalue weighted by Crippen LogP contribution is 2.32. The number of hydrogen-bond donors (Lipinski definition) is 1. The number of benzene rings is 2. The number of pyridine rings is 1. The molecule has 32 heavy (non-hydrogen) atoms. The highest BCUT2D eigenvalue weighted by Gasteiger charge is 2.32. The molecule has 0 saturated carbocycles. The Morgan fingerprint density at radius 2 is 1.72 bits per heavy atom. The summed E-state index contributed by atoms with van der Waals surface area (Å²) in [6.07, 6.45) is -3.49. The van der Waals surface area contributed by atoms with Gasteiger partial charge in [0.2, 0.25) is 5.91 Å². The van der Waals surface area contributed by atoms with Crippen LogP contribution in [-0.4, -0.2) is 31.4 Å². The van der Waals surface area contributed by atoms with E-state index in [-0.39, 0.29) is 40.0 Å². The zero-order valence-corrected chi connectivity index (χ0v) is 17.7. The Balaban J connectivity index is 1.67. The SMILES string of the molecule is CCS(=O)(=O)c1ccc(CC(=O)Nc2ccc(-c3ccccc3OC(F)(F)F)nc2)cc1. The number of alkyl halides is 3. The Morgan fingerprint density at radius 1 is 1.03 bits per heavy atom. The molecule has 1 N–H and O–H groups in total. The summed E-state index contributed by atoms with van der Waals surface area (Å²) in [5, 5.41) is 2.65. The largest absolute Gasteiger partial charge is 0.573 e. The zero-order chi connectivity index (χ0) is 23.4. The number of nitrogens with one attached hydrogen (secondary N) is 1. The molecule has 10 heteroatoms. The second kappa shape index (κ2) is 9.39. The molecule has 0 unspecified atom stereocenters. The quantitative estimate of drug-likeness (QED) is 0.552. The lowest BCUT2D eigenvalue weighted by atomic mass is 10.1. The van der Waals surface area contributed by atoms with Crippen molar-refractivity contribution in [2.45, 2.75) is 24.6 Å². The number of nitrogens with zero attached hydrogens (tertiary/aromatic N) is 1. The van der Waals surface area contributed by atoms with E-state index < -0.39 is 16.2 Å². The number of halogens is 3. The molecule has 3 aromatic rings. The van der Waals surface area contributed by atoms with Gasteiger partial charge in [0.15, 0.2) is 9.84 Å². The normalized spacial score (nSPS) is 11.8. The summed E-state index contributed by atoms with van der Waals surface area (Å²) in [5.41, 5.74) is 1.39. The molecular weight excluding hydrogens is 445 g/mol. The monoisotopic (exact) mass is 464 g/mol. The van der Waals surface area contributed by atoms with Gasteiger partial charge in [0, 0.05) is 5.56 Å². The summed E-state index contributed by atoms with van der Waals surface area (Å²) in [7, 11) is -3.31. The highest BCUT2D eigenvalue weighted by molar-refractivity contribution is 7.91. The molecule has 0 saturated heterocycles. The average Bonchev–Trinajstić information content (AvgIpc) is 2.74.